The van der Waals surface area contributed by atoms with Crippen LogP contribution in [0.15, 0.2) is 48.8 Å². The van der Waals surface area contributed by atoms with Crippen LogP contribution in [-0.2, 0) is 17.8 Å². The summed E-state index contributed by atoms with van der Waals surface area (Å²) in [5.41, 5.74) is 3.35. The summed E-state index contributed by atoms with van der Waals surface area (Å²) in [5, 5.41) is 6.25. The normalized spacial score (nSPS) is 17.3. The van der Waals surface area contributed by atoms with E-state index in [0.717, 1.165) is 24.1 Å². The molecule has 4 heteroatoms. The van der Waals surface area contributed by atoms with E-state index < -0.39 is 0 Å². The Hall–Kier alpha value is -2.20. The Kier molecular flexibility index (Phi) is 3.74. The van der Waals surface area contributed by atoms with E-state index in [1.165, 1.54) is 5.56 Å². The predicted octanol–water partition coefficient (Wildman–Crippen LogP) is 1.58. The fourth-order valence-electron chi connectivity index (χ4n) is 2.53. The molecule has 1 atom stereocenters. The molecule has 3 rings (SSSR count). The first-order valence-corrected chi connectivity index (χ1v) is 6.82. The van der Waals surface area contributed by atoms with Crippen LogP contribution in [0.1, 0.15) is 22.7 Å². The van der Waals surface area contributed by atoms with Gasteiger partial charge in [-0.3, -0.25) is 9.78 Å². The van der Waals surface area contributed by atoms with E-state index in [0.29, 0.717) is 6.54 Å². The summed E-state index contributed by atoms with van der Waals surface area (Å²) in [6.07, 6.45) is 4.47. The molecule has 20 heavy (non-hydrogen) atoms. The van der Waals surface area contributed by atoms with Crippen molar-refractivity contribution < 1.29 is 4.79 Å². The van der Waals surface area contributed by atoms with Crippen LogP contribution in [0, 0.1) is 0 Å². The smallest absolute Gasteiger partial charge is 0.242 e. The minimum Gasteiger partial charge on any atom is -0.350 e. The first-order chi connectivity index (χ1) is 9.84. The standard InChI is InChI=1S/C16H17N3O/c20-16(19-11-12-4-3-8-17-10-12)15-14-6-2-1-5-13(14)7-9-18-15/h1-6,8,10,15,18H,7,9,11H2,(H,19,20). The first kappa shape index (κ1) is 12.8. The second kappa shape index (κ2) is 5.84. The van der Waals surface area contributed by atoms with Gasteiger partial charge in [0.25, 0.3) is 0 Å². The molecule has 1 aliphatic heterocycles. The molecular formula is C16H17N3O. The van der Waals surface area contributed by atoms with Gasteiger partial charge in [-0.25, -0.2) is 0 Å². The number of aromatic nitrogens is 1. The minimum atomic E-state index is -0.253. The fourth-order valence-corrected chi connectivity index (χ4v) is 2.53. The van der Waals surface area contributed by atoms with Gasteiger partial charge in [0.15, 0.2) is 0 Å². The quantitative estimate of drug-likeness (QED) is 0.888. The van der Waals surface area contributed by atoms with Crippen LogP contribution in [0.5, 0.6) is 0 Å². The number of nitrogens with zero attached hydrogens (tertiary/aromatic N) is 1. The highest BCUT2D eigenvalue weighted by Gasteiger charge is 2.25. The highest BCUT2D eigenvalue weighted by molar-refractivity contribution is 5.83. The number of amides is 1. The van der Waals surface area contributed by atoms with Crippen molar-refractivity contribution in [2.45, 2.75) is 19.0 Å². The van der Waals surface area contributed by atoms with Gasteiger partial charge in [-0.1, -0.05) is 30.3 Å². The average Bonchev–Trinajstić information content (AvgIpc) is 2.53. The van der Waals surface area contributed by atoms with Gasteiger partial charge in [0, 0.05) is 25.5 Å². The Morgan fingerprint density at radius 2 is 2.20 bits per heavy atom. The lowest BCUT2D eigenvalue weighted by molar-refractivity contribution is -0.123. The van der Waals surface area contributed by atoms with Gasteiger partial charge in [-0.2, -0.15) is 0 Å². The Morgan fingerprint density at radius 1 is 1.30 bits per heavy atom. The zero-order valence-corrected chi connectivity index (χ0v) is 11.2. The Balaban J connectivity index is 1.69. The molecule has 2 N–H and O–H groups in total. The lowest BCUT2D eigenvalue weighted by Crippen LogP contribution is -2.41. The van der Waals surface area contributed by atoms with Crippen LogP contribution in [-0.4, -0.2) is 17.4 Å². The first-order valence-electron chi connectivity index (χ1n) is 6.82. The summed E-state index contributed by atoms with van der Waals surface area (Å²) in [6, 6.07) is 11.7. The molecule has 2 heterocycles. The Morgan fingerprint density at radius 3 is 3.05 bits per heavy atom. The zero-order chi connectivity index (χ0) is 13.8. The van der Waals surface area contributed by atoms with Crippen molar-refractivity contribution in [1.29, 1.82) is 0 Å². The van der Waals surface area contributed by atoms with Crippen LogP contribution in [0.4, 0.5) is 0 Å². The number of rotatable bonds is 3. The highest BCUT2D eigenvalue weighted by atomic mass is 16.2. The number of pyridine rings is 1. The van der Waals surface area contributed by atoms with Crippen molar-refractivity contribution in [3.63, 3.8) is 0 Å². The zero-order valence-electron chi connectivity index (χ0n) is 11.2. The van der Waals surface area contributed by atoms with Gasteiger partial charge in [-0.15, -0.1) is 0 Å². The van der Waals surface area contributed by atoms with E-state index in [1.807, 2.05) is 30.3 Å². The third-order valence-electron chi connectivity index (χ3n) is 3.56. The third kappa shape index (κ3) is 2.70. The Bertz CT molecular complexity index is 598. The largest absolute Gasteiger partial charge is 0.350 e. The molecular weight excluding hydrogens is 250 g/mol. The van der Waals surface area contributed by atoms with Crippen LogP contribution >= 0.6 is 0 Å². The molecule has 2 aromatic rings. The predicted molar refractivity (Wildman–Crippen MR) is 77.0 cm³/mol. The van der Waals surface area contributed by atoms with Crippen LogP contribution < -0.4 is 10.6 Å². The molecule has 0 fully saturated rings. The summed E-state index contributed by atoms with van der Waals surface area (Å²) in [4.78, 5) is 16.4. The average molecular weight is 267 g/mol. The van der Waals surface area contributed by atoms with E-state index in [4.69, 9.17) is 0 Å². The minimum absolute atomic E-state index is 0.0148. The van der Waals surface area contributed by atoms with Crippen LogP contribution in [0.2, 0.25) is 0 Å². The number of fused-ring (bicyclic) bond motifs is 1. The van der Waals surface area contributed by atoms with Gasteiger partial charge in [0.1, 0.15) is 6.04 Å². The molecule has 0 saturated carbocycles. The number of nitrogens with one attached hydrogen (secondary N) is 2. The molecule has 0 spiro atoms. The third-order valence-corrected chi connectivity index (χ3v) is 3.56. The van der Waals surface area contributed by atoms with E-state index in [1.54, 1.807) is 12.4 Å². The number of hydrogen-bond acceptors (Lipinski definition) is 3. The van der Waals surface area contributed by atoms with Crippen molar-refractivity contribution in [2.75, 3.05) is 6.54 Å². The maximum atomic E-state index is 12.3. The molecule has 0 radical (unpaired) electrons. The van der Waals surface area contributed by atoms with Gasteiger partial charge >= 0.3 is 0 Å². The van der Waals surface area contributed by atoms with Crippen molar-refractivity contribution in [3.05, 3.63) is 65.5 Å². The molecule has 1 aromatic carbocycles. The molecule has 1 aliphatic rings. The molecule has 1 aromatic heterocycles. The number of hydrogen-bond donors (Lipinski definition) is 2. The molecule has 0 aliphatic carbocycles. The van der Waals surface area contributed by atoms with Gasteiger partial charge in [-0.05, 0) is 29.2 Å². The number of benzene rings is 1. The number of carbonyl (C=O) groups is 1. The molecule has 102 valence electrons. The monoisotopic (exact) mass is 267 g/mol. The summed E-state index contributed by atoms with van der Waals surface area (Å²) in [7, 11) is 0. The van der Waals surface area contributed by atoms with E-state index in [9.17, 15) is 4.79 Å². The second-order valence-corrected chi connectivity index (χ2v) is 4.92. The van der Waals surface area contributed by atoms with Crippen molar-refractivity contribution in [1.82, 2.24) is 15.6 Å². The summed E-state index contributed by atoms with van der Waals surface area (Å²) < 4.78 is 0. The SMILES string of the molecule is O=C(NCc1cccnc1)C1NCCc2ccccc21. The van der Waals surface area contributed by atoms with Crippen molar-refractivity contribution in [3.8, 4) is 0 Å². The van der Waals surface area contributed by atoms with Crippen LogP contribution in [0.3, 0.4) is 0 Å². The van der Waals surface area contributed by atoms with Gasteiger partial charge in [0.2, 0.25) is 5.91 Å². The maximum absolute atomic E-state index is 12.3. The van der Waals surface area contributed by atoms with Crippen molar-refractivity contribution >= 4 is 5.91 Å². The van der Waals surface area contributed by atoms with E-state index >= 15 is 0 Å². The topological polar surface area (TPSA) is 54.0 Å². The van der Waals surface area contributed by atoms with E-state index in [2.05, 4.69) is 21.7 Å². The molecule has 0 bridgehead atoms. The summed E-state index contributed by atoms with van der Waals surface area (Å²) in [5.74, 6) is 0.0148. The van der Waals surface area contributed by atoms with Gasteiger partial charge < -0.3 is 10.6 Å². The van der Waals surface area contributed by atoms with Crippen LogP contribution in [0.25, 0.3) is 0 Å². The summed E-state index contributed by atoms with van der Waals surface area (Å²) >= 11 is 0. The highest BCUT2D eigenvalue weighted by Crippen LogP contribution is 2.22. The molecule has 1 amide bonds. The summed E-state index contributed by atoms with van der Waals surface area (Å²) in [6.45, 7) is 1.34. The number of carbonyl (C=O) groups excluding carboxylic acids is 1. The molecule has 1 unspecified atom stereocenters. The second-order valence-electron chi connectivity index (χ2n) is 4.92. The Labute approximate surface area is 118 Å². The van der Waals surface area contributed by atoms with Crippen molar-refractivity contribution in [2.24, 2.45) is 0 Å². The molecule has 0 saturated heterocycles. The molecule has 4 nitrogen and oxygen atoms in total. The lowest BCUT2D eigenvalue weighted by Gasteiger charge is -2.26. The lowest BCUT2D eigenvalue weighted by atomic mass is 9.94. The maximum Gasteiger partial charge on any atom is 0.242 e. The van der Waals surface area contributed by atoms with Gasteiger partial charge in [0.05, 0.1) is 0 Å². The van der Waals surface area contributed by atoms with E-state index in [-0.39, 0.29) is 11.9 Å². The fraction of sp³-hybridized carbons (Fsp3) is 0.250.